The van der Waals surface area contributed by atoms with Gasteiger partial charge in [-0.15, -0.1) is 0 Å². The number of benzene rings is 2. The number of hydrogen-bond donors (Lipinski definition) is 2. The lowest BCUT2D eigenvalue weighted by molar-refractivity contribution is -0.284. The lowest BCUT2D eigenvalue weighted by Crippen LogP contribution is -2.36. The number of aliphatic hydroxyl groups is 1. The number of phenols is 1. The third kappa shape index (κ3) is 11.3. The fraction of sp³-hybridized carbons (Fsp3) is 0.576. The summed E-state index contributed by atoms with van der Waals surface area (Å²) in [5, 5.41) is 19.4. The van der Waals surface area contributed by atoms with E-state index in [1.54, 1.807) is 12.1 Å². The Morgan fingerprint density at radius 1 is 0.804 bits per heavy atom. The predicted molar refractivity (Wildman–Crippen MR) is 164 cm³/mol. The first-order valence-electron chi connectivity index (χ1n) is 15.6. The van der Waals surface area contributed by atoms with Crippen LogP contribution in [-0.2, 0) is 16.3 Å². The highest BCUT2D eigenvalue weighted by atomic mass is 32.2. The Morgan fingerprint density at radius 2 is 1.46 bits per heavy atom. The van der Waals surface area contributed by atoms with Gasteiger partial charge in [0.2, 0.25) is 0 Å². The maximum Gasteiger partial charge on any atom is 0.453 e. The minimum absolute atomic E-state index is 0.148. The Hall–Kier alpha value is -2.64. The summed E-state index contributed by atoms with van der Waals surface area (Å²) >= 11 is 0. The molecule has 258 valence electrons. The second-order valence-electron chi connectivity index (χ2n) is 11.8. The van der Waals surface area contributed by atoms with Crippen LogP contribution >= 0.6 is 0 Å². The Balaban J connectivity index is 1.51. The standard InChI is InChI=1S/C33H42F7NO4S/c34-26-13-11-24(12-14-26)27-10-5-8-25-22-31(43)30(35)23-29(25)28(27)9-3-1-2-4-16-41(18-19-42)17-7-21-46(44,45)20-6-15-32(36,37)33(38,39)40/h11-14,22-23,42-43H,1-10,15-21H2. The van der Waals surface area contributed by atoms with Gasteiger partial charge in [0, 0.05) is 13.0 Å². The summed E-state index contributed by atoms with van der Waals surface area (Å²) in [5.74, 6) is -7.46. The highest BCUT2D eigenvalue weighted by Crippen LogP contribution is 2.41. The van der Waals surface area contributed by atoms with Crippen LogP contribution in [0.1, 0.15) is 80.9 Å². The van der Waals surface area contributed by atoms with E-state index < -0.39 is 46.3 Å². The van der Waals surface area contributed by atoms with E-state index in [1.165, 1.54) is 24.3 Å². The molecule has 0 spiro atoms. The maximum absolute atomic E-state index is 14.5. The summed E-state index contributed by atoms with van der Waals surface area (Å²) in [6.07, 6.45) is -1.89. The second kappa shape index (κ2) is 17.0. The molecular weight excluding hydrogens is 639 g/mol. The van der Waals surface area contributed by atoms with Crippen LogP contribution in [0, 0.1) is 11.6 Å². The fourth-order valence-electron chi connectivity index (χ4n) is 5.85. The van der Waals surface area contributed by atoms with Crippen molar-refractivity contribution in [2.75, 3.05) is 37.7 Å². The molecule has 0 heterocycles. The Bertz CT molecular complexity index is 1410. The molecule has 0 saturated carbocycles. The maximum atomic E-state index is 14.5. The number of allylic oxidation sites excluding steroid dienone is 2. The molecule has 0 amide bonds. The molecule has 46 heavy (non-hydrogen) atoms. The first kappa shape index (κ1) is 37.8. The fourth-order valence-corrected chi connectivity index (χ4v) is 7.21. The molecule has 2 aromatic carbocycles. The van der Waals surface area contributed by atoms with Gasteiger partial charge in [0.15, 0.2) is 11.6 Å². The third-order valence-electron chi connectivity index (χ3n) is 8.29. The number of sulfone groups is 1. The number of nitrogens with zero attached hydrogens (tertiary/aromatic N) is 1. The highest BCUT2D eigenvalue weighted by Gasteiger charge is 2.56. The first-order valence-corrected chi connectivity index (χ1v) is 17.4. The highest BCUT2D eigenvalue weighted by molar-refractivity contribution is 7.91. The molecule has 5 nitrogen and oxygen atoms in total. The number of halogens is 7. The average Bonchev–Trinajstić information content (AvgIpc) is 3.13. The lowest BCUT2D eigenvalue weighted by Gasteiger charge is -2.21. The molecule has 0 unspecified atom stereocenters. The van der Waals surface area contributed by atoms with E-state index in [-0.39, 0.29) is 30.3 Å². The van der Waals surface area contributed by atoms with Gasteiger partial charge >= 0.3 is 12.1 Å². The van der Waals surface area contributed by atoms with Crippen molar-refractivity contribution in [1.29, 1.82) is 0 Å². The van der Waals surface area contributed by atoms with Crippen LogP contribution in [0.15, 0.2) is 36.4 Å². The van der Waals surface area contributed by atoms with Crippen LogP contribution in [0.3, 0.4) is 0 Å². The predicted octanol–water partition coefficient (Wildman–Crippen LogP) is 7.95. The first-order chi connectivity index (χ1) is 21.6. The molecule has 2 aromatic rings. The monoisotopic (exact) mass is 681 g/mol. The van der Waals surface area contributed by atoms with Gasteiger partial charge in [0.05, 0.1) is 18.1 Å². The number of alkyl halides is 5. The van der Waals surface area contributed by atoms with Gasteiger partial charge in [0.25, 0.3) is 0 Å². The molecule has 2 N–H and O–H groups in total. The van der Waals surface area contributed by atoms with Crippen molar-refractivity contribution in [1.82, 2.24) is 4.90 Å². The minimum Gasteiger partial charge on any atom is -0.505 e. The number of hydrogen-bond acceptors (Lipinski definition) is 5. The van der Waals surface area contributed by atoms with Gasteiger partial charge in [-0.2, -0.15) is 22.0 Å². The third-order valence-corrected chi connectivity index (χ3v) is 10.1. The molecule has 1 aliphatic carbocycles. The average molecular weight is 682 g/mol. The van der Waals surface area contributed by atoms with E-state index in [4.69, 9.17) is 0 Å². The number of unbranched alkanes of at least 4 members (excludes halogenated alkanes) is 3. The summed E-state index contributed by atoms with van der Waals surface area (Å²) in [5.41, 5.74) is 4.50. The minimum atomic E-state index is -5.71. The number of phenolic OH excluding ortho intramolecular Hbond substituents is 1. The number of aromatic hydroxyl groups is 1. The van der Waals surface area contributed by atoms with Gasteiger partial charge in [-0.25, -0.2) is 17.2 Å². The Kier molecular flexibility index (Phi) is 13.9. The van der Waals surface area contributed by atoms with Crippen LogP contribution in [0.25, 0.3) is 11.1 Å². The number of fused-ring (bicyclic) bond motifs is 1. The van der Waals surface area contributed by atoms with Crippen LogP contribution in [-0.4, -0.2) is 73.4 Å². The molecule has 0 bridgehead atoms. The largest absolute Gasteiger partial charge is 0.505 e. The molecular formula is C33H42F7NO4S. The van der Waals surface area contributed by atoms with E-state index in [0.717, 1.165) is 66.4 Å². The van der Waals surface area contributed by atoms with Crippen LogP contribution in [0.5, 0.6) is 5.75 Å². The van der Waals surface area contributed by atoms with Gasteiger partial charge in [-0.1, -0.05) is 25.0 Å². The quantitative estimate of drug-likeness (QED) is 0.123. The summed E-state index contributed by atoms with van der Waals surface area (Å²) < 4.78 is 115. The van der Waals surface area contributed by atoms with Crippen molar-refractivity contribution in [3.05, 3.63) is 64.7 Å². The van der Waals surface area contributed by atoms with Crippen LogP contribution in [0.4, 0.5) is 30.7 Å². The zero-order chi connectivity index (χ0) is 34.0. The van der Waals surface area contributed by atoms with E-state index in [0.29, 0.717) is 32.5 Å². The van der Waals surface area contributed by atoms with Crippen molar-refractivity contribution >= 4 is 21.0 Å². The van der Waals surface area contributed by atoms with E-state index in [2.05, 4.69) is 0 Å². The zero-order valence-electron chi connectivity index (χ0n) is 25.7. The van der Waals surface area contributed by atoms with Crippen molar-refractivity contribution < 1.29 is 49.4 Å². The normalized spacial score (nSPS) is 14.5. The molecule has 0 atom stereocenters. The summed E-state index contributed by atoms with van der Waals surface area (Å²) in [4.78, 5) is 1.89. The molecule has 1 aliphatic rings. The molecule has 0 saturated heterocycles. The van der Waals surface area contributed by atoms with Crippen molar-refractivity contribution in [3.63, 3.8) is 0 Å². The SMILES string of the molecule is O=S(=O)(CCCN(CCO)CCCCCCC1=C(c2ccc(F)cc2)CCCc2cc(O)c(F)cc21)CCCC(F)(F)C(F)(F)F. The summed E-state index contributed by atoms with van der Waals surface area (Å²) in [7, 11) is -3.81. The van der Waals surface area contributed by atoms with Crippen molar-refractivity contribution in [3.8, 4) is 5.75 Å². The molecule has 0 aromatic heterocycles. The Labute approximate surface area is 266 Å². The summed E-state index contributed by atoms with van der Waals surface area (Å²) in [6, 6.07) is 9.10. The van der Waals surface area contributed by atoms with E-state index >= 15 is 0 Å². The van der Waals surface area contributed by atoms with Gasteiger partial charge in [-0.3, -0.25) is 0 Å². The number of aliphatic hydroxyl groups excluding tert-OH is 1. The van der Waals surface area contributed by atoms with E-state index in [1.807, 2.05) is 4.90 Å². The Morgan fingerprint density at radius 3 is 2.13 bits per heavy atom. The molecule has 13 heteroatoms. The molecule has 0 radical (unpaired) electrons. The zero-order valence-corrected chi connectivity index (χ0v) is 26.5. The number of rotatable bonds is 18. The molecule has 3 rings (SSSR count). The molecule has 0 aliphatic heterocycles. The smallest absolute Gasteiger partial charge is 0.453 e. The second-order valence-corrected chi connectivity index (χ2v) is 14.1. The topological polar surface area (TPSA) is 77.8 Å². The van der Waals surface area contributed by atoms with Crippen LogP contribution in [0.2, 0.25) is 0 Å². The van der Waals surface area contributed by atoms with Crippen LogP contribution < -0.4 is 0 Å². The van der Waals surface area contributed by atoms with Gasteiger partial charge in [-0.05, 0) is 117 Å². The molecule has 0 fully saturated rings. The van der Waals surface area contributed by atoms with Gasteiger partial charge in [0.1, 0.15) is 15.7 Å². The van der Waals surface area contributed by atoms with E-state index in [9.17, 15) is 49.4 Å². The summed E-state index contributed by atoms with van der Waals surface area (Å²) in [6.45, 7) is 1.06. The van der Waals surface area contributed by atoms with Crippen molar-refractivity contribution in [2.45, 2.75) is 82.7 Å². The number of aryl methyl sites for hydroxylation is 1. The van der Waals surface area contributed by atoms with Gasteiger partial charge < -0.3 is 15.1 Å². The van der Waals surface area contributed by atoms with Crippen molar-refractivity contribution in [2.24, 2.45) is 0 Å². The lowest BCUT2D eigenvalue weighted by atomic mass is 9.89.